The molecule has 4 aromatic rings. The van der Waals surface area contributed by atoms with Gasteiger partial charge in [-0.3, -0.25) is 9.36 Å². The molecule has 2 aromatic carbocycles. The van der Waals surface area contributed by atoms with Crippen molar-refractivity contribution in [1.82, 2.24) is 9.72 Å². The molecule has 0 saturated heterocycles. The number of nitrogens with zero attached hydrogens (tertiary/aromatic N) is 3. The molecule has 0 atom stereocenters. The van der Waals surface area contributed by atoms with Crippen LogP contribution < -0.4 is 10.5 Å². The lowest BCUT2D eigenvalue weighted by Gasteiger charge is -2.21. The minimum absolute atomic E-state index is 0.104. The molecule has 0 spiro atoms. The Morgan fingerprint density at radius 2 is 1.73 bits per heavy atom. The van der Waals surface area contributed by atoms with Crippen LogP contribution in [0.3, 0.4) is 0 Å². The van der Waals surface area contributed by atoms with Gasteiger partial charge in [0.1, 0.15) is 16.7 Å². The molecule has 0 amide bonds. The topological polar surface area (TPSA) is 51.3 Å². The lowest BCUT2D eigenvalue weighted by molar-refractivity contribution is 0.406. The molecule has 0 radical (unpaired) electrons. The van der Waals surface area contributed by atoms with Gasteiger partial charge in [0, 0.05) is 29.9 Å². The maximum atomic E-state index is 13.2. The van der Waals surface area contributed by atoms with Gasteiger partial charge in [-0.1, -0.05) is 23.4 Å². The average Bonchev–Trinajstić information content (AvgIpc) is 3.06. The molecule has 0 aliphatic heterocycles. The lowest BCUT2D eigenvalue weighted by atomic mass is 10.1. The van der Waals surface area contributed by atoms with Crippen LogP contribution in [0.5, 0.6) is 0 Å². The zero-order chi connectivity index (χ0) is 18.3. The molecule has 2 heterocycles. The second-order valence-corrected chi connectivity index (χ2v) is 6.31. The molecule has 0 saturated carbocycles. The van der Waals surface area contributed by atoms with Gasteiger partial charge in [-0.05, 0) is 51.1 Å². The highest BCUT2D eigenvalue weighted by Crippen LogP contribution is 2.26. The molecule has 0 N–H and O–H groups in total. The first-order valence-electron chi connectivity index (χ1n) is 8.90. The fraction of sp³-hybridized carbons (Fsp3) is 0.238. The number of hydrogen-bond donors (Lipinski definition) is 0. The fourth-order valence-corrected chi connectivity index (χ4v) is 3.56. The molecule has 2 aromatic heterocycles. The van der Waals surface area contributed by atoms with E-state index in [9.17, 15) is 4.79 Å². The number of fused-ring (bicyclic) bond motifs is 3. The zero-order valence-electron chi connectivity index (χ0n) is 15.2. The van der Waals surface area contributed by atoms with Gasteiger partial charge < -0.3 is 9.42 Å². The van der Waals surface area contributed by atoms with E-state index in [0.29, 0.717) is 16.7 Å². The molecule has 26 heavy (non-hydrogen) atoms. The van der Waals surface area contributed by atoms with Crippen molar-refractivity contribution in [1.29, 1.82) is 0 Å². The summed E-state index contributed by atoms with van der Waals surface area (Å²) in [5, 5.41) is 5.55. The molecule has 0 aliphatic rings. The Labute approximate surface area is 151 Å². The van der Waals surface area contributed by atoms with Gasteiger partial charge in [0.05, 0.1) is 5.52 Å². The molecular formula is C21H21N3O2. The first kappa shape index (κ1) is 16.4. The van der Waals surface area contributed by atoms with Crippen LogP contribution in [0.2, 0.25) is 0 Å². The lowest BCUT2D eigenvalue weighted by Crippen LogP contribution is -2.22. The first-order valence-corrected chi connectivity index (χ1v) is 8.90. The summed E-state index contributed by atoms with van der Waals surface area (Å²) in [4.78, 5) is 15.5. The third kappa shape index (κ3) is 2.39. The number of aryl methyl sites for hydroxylation is 1. The van der Waals surface area contributed by atoms with Crippen LogP contribution in [0.4, 0.5) is 5.69 Å². The Bertz CT molecular complexity index is 1140. The van der Waals surface area contributed by atoms with Crippen molar-refractivity contribution in [3.8, 4) is 5.69 Å². The van der Waals surface area contributed by atoms with Crippen LogP contribution in [-0.4, -0.2) is 22.8 Å². The second kappa shape index (κ2) is 6.33. The Kier molecular flexibility index (Phi) is 3.99. The third-order valence-electron chi connectivity index (χ3n) is 4.92. The summed E-state index contributed by atoms with van der Waals surface area (Å²) in [7, 11) is 0. The SMILES string of the molecule is CCN(CC)c1ccc(-n2c(=O)c3c(C)onc3c3ccccc32)cc1. The standard InChI is InChI=1S/C21H21N3O2/c1-4-23(5-2)15-10-12-16(13-11-15)24-18-9-7-6-8-17(18)20-19(21(24)25)14(3)26-22-20/h6-13H,4-5H2,1-3H3. The Morgan fingerprint density at radius 1 is 1.04 bits per heavy atom. The van der Waals surface area contributed by atoms with Gasteiger partial charge in [-0.25, -0.2) is 0 Å². The quantitative estimate of drug-likeness (QED) is 0.553. The summed E-state index contributed by atoms with van der Waals surface area (Å²) < 4.78 is 7.05. The number of para-hydroxylation sites is 1. The van der Waals surface area contributed by atoms with E-state index >= 15 is 0 Å². The number of benzene rings is 2. The van der Waals surface area contributed by atoms with E-state index in [-0.39, 0.29) is 5.56 Å². The second-order valence-electron chi connectivity index (χ2n) is 6.31. The van der Waals surface area contributed by atoms with E-state index in [1.54, 1.807) is 11.5 Å². The summed E-state index contributed by atoms with van der Waals surface area (Å²) in [5.74, 6) is 0.546. The fourth-order valence-electron chi connectivity index (χ4n) is 3.56. The Balaban J connectivity index is 2.00. The van der Waals surface area contributed by atoms with Crippen molar-refractivity contribution in [2.75, 3.05) is 18.0 Å². The highest BCUT2D eigenvalue weighted by atomic mass is 16.5. The highest BCUT2D eigenvalue weighted by molar-refractivity contribution is 6.04. The molecule has 4 rings (SSSR count). The maximum absolute atomic E-state index is 13.2. The van der Waals surface area contributed by atoms with Gasteiger partial charge in [0.15, 0.2) is 0 Å². The number of aromatic nitrogens is 2. The van der Waals surface area contributed by atoms with Crippen LogP contribution >= 0.6 is 0 Å². The molecule has 0 fully saturated rings. The van der Waals surface area contributed by atoms with Crippen LogP contribution in [0.15, 0.2) is 57.8 Å². The normalized spacial score (nSPS) is 11.3. The van der Waals surface area contributed by atoms with E-state index in [4.69, 9.17) is 4.52 Å². The predicted octanol–water partition coefficient (Wildman–Crippen LogP) is 4.29. The van der Waals surface area contributed by atoms with Crippen molar-refractivity contribution in [3.05, 3.63) is 64.6 Å². The minimum atomic E-state index is -0.104. The van der Waals surface area contributed by atoms with Crippen LogP contribution in [0.1, 0.15) is 19.6 Å². The largest absolute Gasteiger partial charge is 0.372 e. The van der Waals surface area contributed by atoms with E-state index < -0.39 is 0 Å². The van der Waals surface area contributed by atoms with Crippen LogP contribution in [0, 0.1) is 6.92 Å². The van der Waals surface area contributed by atoms with E-state index in [2.05, 4.69) is 36.0 Å². The van der Waals surface area contributed by atoms with Gasteiger partial charge in [-0.15, -0.1) is 0 Å². The van der Waals surface area contributed by atoms with Crippen molar-refractivity contribution >= 4 is 27.5 Å². The van der Waals surface area contributed by atoms with Gasteiger partial charge in [0.25, 0.3) is 5.56 Å². The molecule has 5 heteroatoms. The summed E-state index contributed by atoms with van der Waals surface area (Å²) in [6.45, 7) is 7.95. The third-order valence-corrected chi connectivity index (χ3v) is 4.92. The molecule has 132 valence electrons. The molecule has 0 bridgehead atoms. The maximum Gasteiger partial charge on any atom is 0.268 e. The number of rotatable bonds is 4. The van der Waals surface area contributed by atoms with Crippen LogP contribution in [-0.2, 0) is 0 Å². The van der Waals surface area contributed by atoms with Gasteiger partial charge >= 0.3 is 0 Å². The highest BCUT2D eigenvalue weighted by Gasteiger charge is 2.17. The average molecular weight is 347 g/mol. The predicted molar refractivity (Wildman–Crippen MR) is 105 cm³/mol. The van der Waals surface area contributed by atoms with Crippen molar-refractivity contribution < 1.29 is 4.52 Å². The van der Waals surface area contributed by atoms with Crippen molar-refractivity contribution in [3.63, 3.8) is 0 Å². The molecular weight excluding hydrogens is 326 g/mol. The van der Waals surface area contributed by atoms with Crippen molar-refractivity contribution in [2.45, 2.75) is 20.8 Å². The van der Waals surface area contributed by atoms with Crippen molar-refractivity contribution in [2.24, 2.45) is 0 Å². The summed E-state index contributed by atoms with van der Waals surface area (Å²) >= 11 is 0. The number of hydrogen-bond acceptors (Lipinski definition) is 4. The van der Waals surface area contributed by atoms with E-state index in [0.717, 1.165) is 35.4 Å². The number of pyridine rings is 1. The van der Waals surface area contributed by atoms with Gasteiger partial charge in [-0.2, -0.15) is 0 Å². The summed E-state index contributed by atoms with van der Waals surface area (Å²) in [6, 6.07) is 15.9. The minimum Gasteiger partial charge on any atom is -0.372 e. The molecule has 5 nitrogen and oxygen atoms in total. The van der Waals surface area contributed by atoms with E-state index in [1.165, 1.54) is 0 Å². The monoisotopic (exact) mass is 347 g/mol. The molecule has 0 aliphatic carbocycles. The zero-order valence-corrected chi connectivity index (χ0v) is 15.2. The van der Waals surface area contributed by atoms with Crippen LogP contribution in [0.25, 0.3) is 27.5 Å². The Morgan fingerprint density at radius 3 is 2.42 bits per heavy atom. The first-order chi connectivity index (χ1) is 12.7. The summed E-state index contributed by atoms with van der Waals surface area (Å²) in [6.07, 6.45) is 0. The number of anilines is 1. The van der Waals surface area contributed by atoms with E-state index in [1.807, 2.05) is 36.4 Å². The summed E-state index contributed by atoms with van der Waals surface area (Å²) in [5.41, 5.74) is 3.34. The Hall–Kier alpha value is -3.08. The smallest absolute Gasteiger partial charge is 0.268 e. The molecule has 0 unspecified atom stereocenters. The van der Waals surface area contributed by atoms with Gasteiger partial charge in [0.2, 0.25) is 0 Å².